The number of piperazine rings is 1. The van der Waals surface area contributed by atoms with Crippen molar-refractivity contribution in [2.45, 2.75) is 20.0 Å². The predicted molar refractivity (Wildman–Crippen MR) is 109 cm³/mol. The van der Waals surface area contributed by atoms with Crippen molar-refractivity contribution in [1.82, 2.24) is 20.1 Å². The summed E-state index contributed by atoms with van der Waals surface area (Å²) in [5.41, 5.74) is 3.55. The Morgan fingerprint density at radius 1 is 1.25 bits per heavy atom. The lowest BCUT2D eigenvalue weighted by atomic mass is 10.1. The molecule has 3 rings (SSSR count). The predicted octanol–water partition coefficient (Wildman–Crippen LogP) is 2.96. The number of rotatable bonds is 5. The third-order valence-electron chi connectivity index (χ3n) is 4.64. The van der Waals surface area contributed by atoms with Gasteiger partial charge < -0.3 is 15.5 Å². The third kappa shape index (κ3) is 5.59. The van der Waals surface area contributed by atoms with Gasteiger partial charge in [0.2, 0.25) is 0 Å². The molecule has 2 amide bonds. The van der Waals surface area contributed by atoms with Crippen molar-refractivity contribution in [1.29, 1.82) is 5.26 Å². The van der Waals surface area contributed by atoms with Crippen LogP contribution in [0, 0.1) is 18.4 Å². The molecule has 2 N–H and O–H groups in total. The van der Waals surface area contributed by atoms with Crippen molar-refractivity contribution in [3.8, 4) is 6.19 Å². The van der Waals surface area contributed by atoms with Gasteiger partial charge in [-0.3, -0.25) is 9.88 Å². The van der Waals surface area contributed by atoms with Crippen molar-refractivity contribution in [2.24, 2.45) is 0 Å². The number of hydrogen-bond acceptors (Lipinski definition) is 5. The van der Waals surface area contributed by atoms with Gasteiger partial charge in [-0.1, -0.05) is 23.7 Å². The molecule has 0 radical (unpaired) electrons. The standard InChI is InChI=1S/C20H23ClN6O/c1-15-2-4-18(12-23-15)25-20(28)24-11-16-3-5-19(21)17(10-16)13-26-6-8-27(14-22)9-7-26/h2-5,10,12H,6-9,11,13H2,1H3,(H2,24,25,28). The summed E-state index contributed by atoms with van der Waals surface area (Å²) in [7, 11) is 0. The number of nitrogens with zero attached hydrogens (tertiary/aromatic N) is 4. The normalized spacial score (nSPS) is 14.4. The molecule has 0 bridgehead atoms. The van der Waals surface area contributed by atoms with Crippen molar-refractivity contribution in [3.63, 3.8) is 0 Å². The zero-order valence-electron chi connectivity index (χ0n) is 15.8. The average Bonchev–Trinajstić information content (AvgIpc) is 2.71. The first-order valence-electron chi connectivity index (χ1n) is 9.15. The fraction of sp³-hybridized carbons (Fsp3) is 0.350. The van der Waals surface area contributed by atoms with Gasteiger partial charge in [0, 0.05) is 50.0 Å². The first-order valence-corrected chi connectivity index (χ1v) is 9.53. The summed E-state index contributed by atoms with van der Waals surface area (Å²) in [4.78, 5) is 20.3. The van der Waals surface area contributed by atoms with Crippen LogP contribution < -0.4 is 10.6 Å². The number of aryl methyl sites for hydroxylation is 1. The number of carbonyl (C=O) groups excluding carboxylic acids is 1. The molecule has 0 atom stereocenters. The van der Waals surface area contributed by atoms with Gasteiger partial charge in [-0.15, -0.1) is 0 Å². The van der Waals surface area contributed by atoms with Crippen molar-refractivity contribution < 1.29 is 4.79 Å². The number of benzene rings is 1. The summed E-state index contributed by atoms with van der Waals surface area (Å²) in [6, 6.07) is 9.17. The highest BCUT2D eigenvalue weighted by molar-refractivity contribution is 6.31. The molecule has 1 fully saturated rings. The fourth-order valence-corrected chi connectivity index (χ4v) is 3.18. The van der Waals surface area contributed by atoms with Crippen LogP contribution in [0.25, 0.3) is 0 Å². The third-order valence-corrected chi connectivity index (χ3v) is 5.01. The Kier molecular flexibility index (Phi) is 6.69. The SMILES string of the molecule is Cc1ccc(NC(=O)NCc2ccc(Cl)c(CN3CCN(C#N)CC3)c2)cn1. The second kappa shape index (κ2) is 9.40. The number of carbonyl (C=O) groups is 1. The molecule has 0 aliphatic carbocycles. The summed E-state index contributed by atoms with van der Waals surface area (Å²) in [5, 5.41) is 15.3. The lowest BCUT2D eigenvalue weighted by Crippen LogP contribution is -2.43. The number of hydrogen-bond donors (Lipinski definition) is 2. The molecule has 0 spiro atoms. The van der Waals surface area contributed by atoms with Crippen molar-refractivity contribution in [3.05, 3.63) is 58.4 Å². The molecule has 1 aromatic carbocycles. The van der Waals surface area contributed by atoms with E-state index in [1.54, 1.807) is 11.1 Å². The molecule has 0 saturated carbocycles. The van der Waals surface area contributed by atoms with Crippen LogP contribution in [0.1, 0.15) is 16.8 Å². The van der Waals surface area contributed by atoms with Gasteiger partial charge in [0.1, 0.15) is 0 Å². The highest BCUT2D eigenvalue weighted by Gasteiger charge is 2.17. The van der Waals surface area contributed by atoms with Crippen LogP contribution in [-0.2, 0) is 13.1 Å². The molecule has 1 aliphatic heterocycles. The minimum atomic E-state index is -0.283. The summed E-state index contributed by atoms with van der Waals surface area (Å²) >= 11 is 6.36. The molecule has 28 heavy (non-hydrogen) atoms. The number of nitriles is 1. The maximum Gasteiger partial charge on any atom is 0.319 e. The van der Waals surface area contributed by atoms with E-state index < -0.39 is 0 Å². The number of amides is 2. The maximum absolute atomic E-state index is 12.1. The molecule has 1 aromatic heterocycles. The van der Waals surface area contributed by atoms with E-state index in [4.69, 9.17) is 16.9 Å². The summed E-state index contributed by atoms with van der Waals surface area (Å²) < 4.78 is 0. The lowest BCUT2D eigenvalue weighted by Gasteiger charge is -2.31. The second-order valence-electron chi connectivity index (χ2n) is 6.78. The fourth-order valence-electron chi connectivity index (χ4n) is 3.01. The molecular formula is C20H23ClN6O. The van der Waals surface area contributed by atoms with E-state index in [0.29, 0.717) is 17.3 Å². The quantitative estimate of drug-likeness (QED) is 0.756. The van der Waals surface area contributed by atoms with Crippen LogP contribution in [-0.4, -0.2) is 47.0 Å². The first-order chi connectivity index (χ1) is 13.5. The van der Waals surface area contributed by atoms with Crippen LogP contribution in [0.3, 0.4) is 0 Å². The molecule has 146 valence electrons. The van der Waals surface area contributed by atoms with E-state index in [1.807, 2.05) is 37.3 Å². The van der Waals surface area contributed by atoms with Crippen molar-refractivity contribution in [2.75, 3.05) is 31.5 Å². The number of anilines is 1. The number of aromatic nitrogens is 1. The van der Waals surface area contributed by atoms with Gasteiger partial charge in [0.05, 0.1) is 11.9 Å². The van der Waals surface area contributed by atoms with Gasteiger partial charge in [0.15, 0.2) is 6.19 Å². The molecule has 1 aliphatic rings. The highest BCUT2D eigenvalue weighted by atomic mass is 35.5. The monoisotopic (exact) mass is 398 g/mol. The second-order valence-corrected chi connectivity index (χ2v) is 7.19. The number of halogens is 1. The lowest BCUT2D eigenvalue weighted by molar-refractivity contribution is 0.167. The number of nitrogens with one attached hydrogen (secondary N) is 2. The Morgan fingerprint density at radius 3 is 2.71 bits per heavy atom. The topological polar surface area (TPSA) is 84.3 Å². The van der Waals surface area contributed by atoms with E-state index in [1.165, 1.54) is 0 Å². The molecule has 8 heteroatoms. The zero-order chi connectivity index (χ0) is 19.9. The zero-order valence-corrected chi connectivity index (χ0v) is 16.5. The molecule has 0 unspecified atom stereocenters. The Morgan fingerprint density at radius 2 is 2.04 bits per heavy atom. The Hall–Kier alpha value is -2.82. The van der Waals surface area contributed by atoms with Crippen LogP contribution in [0.2, 0.25) is 5.02 Å². The molecule has 1 saturated heterocycles. The number of urea groups is 1. The van der Waals surface area contributed by atoms with E-state index in [-0.39, 0.29) is 6.03 Å². The molecule has 7 nitrogen and oxygen atoms in total. The van der Waals surface area contributed by atoms with E-state index in [2.05, 4.69) is 26.7 Å². The Bertz CT molecular complexity index is 856. The minimum Gasteiger partial charge on any atom is -0.334 e. The van der Waals surface area contributed by atoms with Crippen LogP contribution in [0.4, 0.5) is 10.5 Å². The minimum absolute atomic E-state index is 0.283. The summed E-state index contributed by atoms with van der Waals surface area (Å²) in [6.07, 6.45) is 3.81. The van der Waals surface area contributed by atoms with Crippen LogP contribution >= 0.6 is 11.6 Å². The van der Waals surface area contributed by atoms with Gasteiger partial charge in [-0.25, -0.2) is 4.79 Å². The van der Waals surface area contributed by atoms with Gasteiger partial charge in [-0.2, -0.15) is 5.26 Å². The Balaban J connectivity index is 1.53. The molecule has 2 aromatic rings. The van der Waals surface area contributed by atoms with Gasteiger partial charge in [-0.05, 0) is 36.2 Å². The number of pyridine rings is 1. The summed E-state index contributed by atoms with van der Waals surface area (Å²) in [6.45, 7) is 6.17. The van der Waals surface area contributed by atoms with Gasteiger partial charge >= 0.3 is 6.03 Å². The van der Waals surface area contributed by atoms with Crippen LogP contribution in [0.15, 0.2) is 36.5 Å². The maximum atomic E-state index is 12.1. The van der Waals surface area contributed by atoms with E-state index >= 15 is 0 Å². The first kappa shape index (κ1) is 19.9. The molecular weight excluding hydrogens is 376 g/mol. The van der Waals surface area contributed by atoms with Gasteiger partial charge in [0.25, 0.3) is 0 Å². The summed E-state index contributed by atoms with van der Waals surface area (Å²) in [5.74, 6) is 0. The molecule has 2 heterocycles. The van der Waals surface area contributed by atoms with E-state index in [9.17, 15) is 4.79 Å². The van der Waals surface area contributed by atoms with E-state index in [0.717, 1.165) is 49.5 Å². The average molecular weight is 399 g/mol. The van der Waals surface area contributed by atoms with Crippen molar-refractivity contribution >= 4 is 23.3 Å². The van der Waals surface area contributed by atoms with Crippen LogP contribution in [0.5, 0.6) is 0 Å². The largest absolute Gasteiger partial charge is 0.334 e. The Labute approximate surface area is 169 Å². The highest BCUT2D eigenvalue weighted by Crippen LogP contribution is 2.20. The smallest absolute Gasteiger partial charge is 0.319 e.